The van der Waals surface area contributed by atoms with Crippen molar-refractivity contribution in [3.05, 3.63) is 11.4 Å². The lowest BCUT2D eigenvalue weighted by molar-refractivity contribution is 0.301. The maximum Gasteiger partial charge on any atom is 0.162 e. The Balaban J connectivity index is 1.63. The predicted octanol–water partition coefficient (Wildman–Crippen LogP) is 1.95. The maximum atomic E-state index is 5.80. The molecule has 1 saturated carbocycles. The third kappa shape index (κ3) is 3.46. The minimum atomic E-state index is 0.791. The van der Waals surface area contributed by atoms with E-state index in [9.17, 15) is 0 Å². The summed E-state index contributed by atoms with van der Waals surface area (Å²) in [5.41, 5.74) is 2.10. The summed E-state index contributed by atoms with van der Waals surface area (Å²) >= 11 is 0. The molecule has 96 valence electrons. The Morgan fingerprint density at radius 2 is 2.12 bits per heavy atom. The van der Waals surface area contributed by atoms with E-state index in [1.165, 1.54) is 19.3 Å². The molecule has 0 bridgehead atoms. The number of hydrogen-bond donors (Lipinski definition) is 1. The average molecular weight is 237 g/mol. The van der Waals surface area contributed by atoms with Crippen molar-refractivity contribution in [3.8, 4) is 5.75 Å². The summed E-state index contributed by atoms with van der Waals surface area (Å²) in [5, 5.41) is 7.85. The molecular formula is C13H23N3O. The molecule has 1 aromatic rings. The molecular weight excluding hydrogens is 214 g/mol. The van der Waals surface area contributed by atoms with E-state index in [1.807, 2.05) is 25.6 Å². The van der Waals surface area contributed by atoms with Crippen LogP contribution in [-0.4, -0.2) is 29.0 Å². The minimum Gasteiger partial charge on any atom is -0.490 e. The SMILES string of the molecule is Cc1nn(C)c(C)c1OCCCCNC1CC1. The Kier molecular flexibility index (Phi) is 4.05. The second-order valence-corrected chi connectivity index (χ2v) is 4.91. The highest BCUT2D eigenvalue weighted by atomic mass is 16.5. The molecule has 1 aliphatic rings. The quantitative estimate of drug-likeness (QED) is 0.737. The second-order valence-electron chi connectivity index (χ2n) is 4.91. The van der Waals surface area contributed by atoms with E-state index in [2.05, 4.69) is 10.4 Å². The van der Waals surface area contributed by atoms with Crippen molar-refractivity contribution in [2.45, 2.75) is 45.6 Å². The number of aromatic nitrogens is 2. The first kappa shape index (κ1) is 12.4. The van der Waals surface area contributed by atoms with E-state index in [0.717, 1.165) is 42.8 Å². The molecule has 1 heterocycles. The molecule has 1 aromatic heterocycles. The van der Waals surface area contributed by atoms with Crippen LogP contribution in [0.25, 0.3) is 0 Å². The van der Waals surface area contributed by atoms with E-state index >= 15 is 0 Å². The number of unbranched alkanes of at least 4 members (excludes halogenated alkanes) is 1. The normalized spacial score (nSPS) is 15.2. The van der Waals surface area contributed by atoms with E-state index in [-0.39, 0.29) is 0 Å². The van der Waals surface area contributed by atoms with E-state index in [0.29, 0.717) is 0 Å². The number of nitrogens with one attached hydrogen (secondary N) is 1. The van der Waals surface area contributed by atoms with Gasteiger partial charge < -0.3 is 10.1 Å². The van der Waals surface area contributed by atoms with Crippen molar-refractivity contribution in [2.75, 3.05) is 13.2 Å². The molecule has 1 fully saturated rings. The van der Waals surface area contributed by atoms with Gasteiger partial charge in [-0.3, -0.25) is 4.68 Å². The smallest absolute Gasteiger partial charge is 0.162 e. The Hall–Kier alpha value is -1.03. The highest BCUT2D eigenvalue weighted by Crippen LogP contribution is 2.21. The molecule has 1 N–H and O–H groups in total. The van der Waals surface area contributed by atoms with Gasteiger partial charge in [-0.05, 0) is 46.1 Å². The number of hydrogen-bond acceptors (Lipinski definition) is 3. The van der Waals surface area contributed by atoms with Crippen LogP contribution in [-0.2, 0) is 7.05 Å². The zero-order chi connectivity index (χ0) is 12.3. The van der Waals surface area contributed by atoms with Gasteiger partial charge in [0, 0.05) is 13.1 Å². The van der Waals surface area contributed by atoms with Crippen LogP contribution in [0.15, 0.2) is 0 Å². The summed E-state index contributed by atoms with van der Waals surface area (Å²) in [6, 6.07) is 0.818. The lowest BCUT2D eigenvalue weighted by atomic mass is 10.3. The summed E-state index contributed by atoms with van der Waals surface area (Å²) < 4.78 is 7.67. The number of aryl methyl sites for hydroxylation is 2. The van der Waals surface area contributed by atoms with Crippen molar-refractivity contribution >= 4 is 0 Å². The van der Waals surface area contributed by atoms with Crippen LogP contribution in [0.4, 0.5) is 0 Å². The summed E-state index contributed by atoms with van der Waals surface area (Å²) in [5.74, 6) is 0.961. The van der Waals surface area contributed by atoms with Gasteiger partial charge in [0.25, 0.3) is 0 Å². The Morgan fingerprint density at radius 3 is 2.71 bits per heavy atom. The minimum absolute atomic E-state index is 0.791. The van der Waals surface area contributed by atoms with Gasteiger partial charge in [0.1, 0.15) is 5.69 Å². The highest BCUT2D eigenvalue weighted by Gasteiger charge is 2.19. The molecule has 0 atom stereocenters. The van der Waals surface area contributed by atoms with Crippen molar-refractivity contribution in [1.82, 2.24) is 15.1 Å². The first-order chi connectivity index (χ1) is 8.18. The first-order valence-corrected chi connectivity index (χ1v) is 6.55. The summed E-state index contributed by atoms with van der Waals surface area (Å²) in [6.07, 6.45) is 5.03. The number of ether oxygens (including phenoxy) is 1. The molecule has 0 radical (unpaired) electrons. The van der Waals surface area contributed by atoms with Crippen LogP contribution in [0.5, 0.6) is 5.75 Å². The topological polar surface area (TPSA) is 39.1 Å². The summed E-state index contributed by atoms with van der Waals surface area (Å²) in [4.78, 5) is 0. The van der Waals surface area contributed by atoms with Gasteiger partial charge in [0.05, 0.1) is 12.3 Å². The van der Waals surface area contributed by atoms with Gasteiger partial charge in [-0.1, -0.05) is 0 Å². The largest absolute Gasteiger partial charge is 0.490 e. The molecule has 0 unspecified atom stereocenters. The van der Waals surface area contributed by atoms with Crippen molar-refractivity contribution < 1.29 is 4.74 Å². The van der Waals surface area contributed by atoms with Gasteiger partial charge in [-0.15, -0.1) is 0 Å². The van der Waals surface area contributed by atoms with Crippen LogP contribution < -0.4 is 10.1 Å². The predicted molar refractivity (Wildman–Crippen MR) is 68.4 cm³/mol. The van der Waals surface area contributed by atoms with Crippen LogP contribution >= 0.6 is 0 Å². The molecule has 0 spiro atoms. The molecule has 0 aliphatic heterocycles. The van der Waals surface area contributed by atoms with Gasteiger partial charge in [0.15, 0.2) is 5.75 Å². The molecule has 0 aromatic carbocycles. The first-order valence-electron chi connectivity index (χ1n) is 6.55. The zero-order valence-corrected chi connectivity index (χ0v) is 11.1. The summed E-state index contributed by atoms with van der Waals surface area (Å²) in [6.45, 7) is 5.96. The summed E-state index contributed by atoms with van der Waals surface area (Å²) in [7, 11) is 1.95. The maximum absolute atomic E-state index is 5.80. The monoisotopic (exact) mass is 237 g/mol. The highest BCUT2D eigenvalue weighted by molar-refractivity contribution is 5.31. The molecule has 2 rings (SSSR count). The van der Waals surface area contributed by atoms with Crippen LogP contribution in [0.1, 0.15) is 37.1 Å². The molecule has 0 saturated heterocycles. The van der Waals surface area contributed by atoms with Crippen LogP contribution in [0, 0.1) is 13.8 Å². The fourth-order valence-electron chi connectivity index (χ4n) is 1.96. The molecule has 4 heteroatoms. The van der Waals surface area contributed by atoms with Crippen LogP contribution in [0.3, 0.4) is 0 Å². The van der Waals surface area contributed by atoms with Crippen molar-refractivity contribution in [1.29, 1.82) is 0 Å². The van der Waals surface area contributed by atoms with E-state index in [1.54, 1.807) is 0 Å². The van der Waals surface area contributed by atoms with Gasteiger partial charge in [-0.2, -0.15) is 5.10 Å². The van der Waals surface area contributed by atoms with E-state index in [4.69, 9.17) is 4.74 Å². The van der Waals surface area contributed by atoms with Crippen molar-refractivity contribution in [3.63, 3.8) is 0 Å². The third-order valence-electron chi connectivity index (χ3n) is 3.27. The molecule has 1 aliphatic carbocycles. The third-order valence-corrected chi connectivity index (χ3v) is 3.27. The lowest BCUT2D eigenvalue weighted by Crippen LogP contribution is -2.18. The van der Waals surface area contributed by atoms with Gasteiger partial charge in [0.2, 0.25) is 0 Å². The Morgan fingerprint density at radius 1 is 1.35 bits per heavy atom. The van der Waals surface area contributed by atoms with Crippen molar-refractivity contribution in [2.24, 2.45) is 7.05 Å². The lowest BCUT2D eigenvalue weighted by Gasteiger charge is -2.06. The number of rotatable bonds is 7. The number of nitrogens with zero attached hydrogens (tertiary/aromatic N) is 2. The van der Waals surface area contributed by atoms with Gasteiger partial charge in [-0.25, -0.2) is 0 Å². The Labute approximate surface area is 103 Å². The van der Waals surface area contributed by atoms with Crippen LogP contribution in [0.2, 0.25) is 0 Å². The molecule has 17 heavy (non-hydrogen) atoms. The standard InChI is InChI=1S/C13H23N3O/c1-10-13(11(2)16(3)15-10)17-9-5-4-8-14-12-6-7-12/h12,14H,4-9H2,1-3H3. The zero-order valence-electron chi connectivity index (χ0n) is 11.1. The second kappa shape index (κ2) is 5.54. The molecule has 4 nitrogen and oxygen atoms in total. The fraction of sp³-hybridized carbons (Fsp3) is 0.769. The average Bonchev–Trinajstić information content (AvgIpc) is 3.07. The van der Waals surface area contributed by atoms with Gasteiger partial charge >= 0.3 is 0 Å². The fourth-order valence-corrected chi connectivity index (χ4v) is 1.96. The molecule has 0 amide bonds. The Bertz CT molecular complexity index is 369. The van der Waals surface area contributed by atoms with E-state index < -0.39 is 0 Å².